The average Bonchev–Trinajstić information content (AvgIpc) is 3.41. The molecule has 72 heavy (non-hydrogen) atoms. The molecule has 12 aromatic rings. The molecule has 0 bridgehead atoms. The number of anilines is 6. The topological polar surface area (TPSA) is 6.48 Å². The smallest absolute Gasteiger partial charge is 0.147 e. The van der Waals surface area contributed by atoms with Crippen LogP contribution in [-0.2, 0) is 0 Å². The highest BCUT2D eigenvalue weighted by molar-refractivity contribution is 6.28. The van der Waals surface area contributed by atoms with E-state index in [0.717, 1.165) is 122 Å². The Kier molecular flexibility index (Phi) is 11.2. The molecule has 0 aliphatic heterocycles. The average molecular weight is 933 g/mol. The van der Waals surface area contributed by atoms with Gasteiger partial charge in [0.25, 0.3) is 0 Å². The Hall–Kier alpha value is -8.86. The van der Waals surface area contributed by atoms with E-state index in [1.165, 1.54) is 0 Å². The summed E-state index contributed by atoms with van der Waals surface area (Å²) in [6.07, 6.45) is 0. The molecule has 0 aromatic heterocycles. The van der Waals surface area contributed by atoms with Crippen LogP contribution < -0.4 is 9.80 Å². The van der Waals surface area contributed by atoms with Crippen molar-refractivity contribution in [1.29, 1.82) is 0 Å². The third kappa shape index (κ3) is 7.38. The summed E-state index contributed by atoms with van der Waals surface area (Å²) in [6, 6.07) is 77.9. The van der Waals surface area contributed by atoms with E-state index in [1.807, 2.05) is 84.9 Å². The first-order valence-corrected chi connectivity index (χ1v) is 24.6. The Morgan fingerprint density at radius 2 is 0.597 bits per heavy atom. The van der Waals surface area contributed by atoms with Crippen LogP contribution in [-0.4, -0.2) is 0 Å². The first-order chi connectivity index (χ1) is 35.3. The molecular formula is C68H50F2N2. The van der Waals surface area contributed by atoms with E-state index >= 15 is 8.78 Å². The molecule has 12 rings (SSSR count). The number of aryl methyl sites for hydroxylation is 4. The number of rotatable bonds is 10. The molecule has 0 spiro atoms. The molecule has 2 nitrogen and oxygen atoms in total. The lowest BCUT2D eigenvalue weighted by molar-refractivity contribution is 0.629. The number of hydrogen-bond acceptors (Lipinski definition) is 2. The van der Waals surface area contributed by atoms with Crippen LogP contribution >= 0.6 is 0 Å². The lowest BCUT2D eigenvalue weighted by Crippen LogP contribution is -2.15. The van der Waals surface area contributed by atoms with Crippen molar-refractivity contribution in [3.8, 4) is 44.5 Å². The van der Waals surface area contributed by atoms with Crippen LogP contribution in [0.15, 0.2) is 231 Å². The second-order valence-corrected chi connectivity index (χ2v) is 18.8. The monoisotopic (exact) mass is 932 g/mol. The van der Waals surface area contributed by atoms with Gasteiger partial charge in [-0.2, -0.15) is 0 Å². The fourth-order valence-electron chi connectivity index (χ4n) is 11.1. The van der Waals surface area contributed by atoms with Gasteiger partial charge in [0.1, 0.15) is 11.6 Å². The number of benzene rings is 12. The minimum atomic E-state index is -0.333. The summed E-state index contributed by atoms with van der Waals surface area (Å²) in [5.41, 5.74) is 16.1. The van der Waals surface area contributed by atoms with E-state index in [-0.39, 0.29) is 11.6 Å². The van der Waals surface area contributed by atoms with Gasteiger partial charge in [0.15, 0.2) is 0 Å². The lowest BCUT2D eigenvalue weighted by Gasteiger charge is -2.32. The van der Waals surface area contributed by atoms with Gasteiger partial charge in [-0.25, -0.2) is 8.78 Å². The van der Waals surface area contributed by atoms with Gasteiger partial charge in [-0.15, -0.1) is 0 Å². The Morgan fingerprint density at radius 3 is 0.958 bits per heavy atom. The quantitative estimate of drug-likeness (QED) is 0.126. The van der Waals surface area contributed by atoms with Crippen molar-refractivity contribution < 1.29 is 8.78 Å². The second kappa shape index (κ2) is 18.1. The summed E-state index contributed by atoms with van der Waals surface area (Å²) in [5, 5.41) is 6.10. The standard InChI is InChI=1S/C68H50F2N2/c1-43-19-11-15-27-51(43)55-37-39-59(69)67(65(55)53-29-17-13-21-45(53)3)71(49-23-7-5-8-24-49)61-41-33-47-32-36-58-62(42-34-48-31-35-57(61)63(47)64(48)58)72(50-25-9-6-10-26-50)68-60(70)40-38-56(52-28-16-12-20-44(52)2)66(68)54-30-18-14-22-46(54)4/h5-42H,1-4H3. The Balaban J connectivity index is 1.16. The molecular weight excluding hydrogens is 883 g/mol. The molecule has 0 heterocycles. The van der Waals surface area contributed by atoms with Crippen LogP contribution in [0.1, 0.15) is 22.3 Å². The van der Waals surface area contributed by atoms with Gasteiger partial charge in [-0.05, 0) is 153 Å². The van der Waals surface area contributed by atoms with Crippen LogP contribution in [0.2, 0.25) is 0 Å². The highest BCUT2D eigenvalue weighted by Crippen LogP contribution is 2.54. The fourth-order valence-corrected chi connectivity index (χ4v) is 11.1. The first-order valence-electron chi connectivity index (χ1n) is 24.6. The van der Waals surface area contributed by atoms with Gasteiger partial charge in [-0.3, -0.25) is 0 Å². The van der Waals surface area contributed by atoms with Gasteiger partial charge in [0, 0.05) is 33.3 Å². The van der Waals surface area contributed by atoms with Crippen LogP contribution in [0.5, 0.6) is 0 Å². The van der Waals surface area contributed by atoms with Crippen LogP contribution in [0.3, 0.4) is 0 Å². The molecule has 0 N–H and O–H groups in total. The van der Waals surface area contributed by atoms with Crippen molar-refractivity contribution in [3.63, 3.8) is 0 Å². The maximum absolute atomic E-state index is 17.6. The van der Waals surface area contributed by atoms with Crippen LogP contribution in [0.4, 0.5) is 42.9 Å². The van der Waals surface area contributed by atoms with E-state index < -0.39 is 0 Å². The maximum Gasteiger partial charge on any atom is 0.147 e. The third-order valence-electron chi connectivity index (χ3n) is 14.5. The zero-order valence-corrected chi connectivity index (χ0v) is 40.6. The largest absolute Gasteiger partial charge is 0.307 e. The minimum Gasteiger partial charge on any atom is -0.307 e. The third-order valence-corrected chi connectivity index (χ3v) is 14.5. The predicted octanol–water partition coefficient (Wildman–Crippen LogP) is 19.7. The maximum atomic E-state index is 17.6. The number of hydrogen-bond donors (Lipinski definition) is 0. The molecule has 0 saturated carbocycles. The number of nitrogens with zero attached hydrogens (tertiary/aromatic N) is 2. The molecule has 0 aliphatic carbocycles. The van der Waals surface area contributed by atoms with Gasteiger partial charge in [-0.1, -0.05) is 182 Å². The van der Waals surface area contributed by atoms with Crippen molar-refractivity contribution >= 4 is 66.4 Å². The van der Waals surface area contributed by atoms with E-state index in [4.69, 9.17) is 0 Å². The fraction of sp³-hybridized carbons (Fsp3) is 0.0588. The van der Waals surface area contributed by atoms with Gasteiger partial charge in [0.05, 0.1) is 22.7 Å². The highest BCUT2D eigenvalue weighted by atomic mass is 19.1. The molecule has 0 radical (unpaired) electrons. The molecule has 0 saturated heterocycles. The molecule has 4 heteroatoms. The van der Waals surface area contributed by atoms with E-state index in [0.29, 0.717) is 11.4 Å². The van der Waals surface area contributed by atoms with Crippen molar-refractivity contribution in [3.05, 3.63) is 264 Å². The van der Waals surface area contributed by atoms with Crippen molar-refractivity contribution in [2.75, 3.05) is 9.80 Å². The van der Waals surface area contributed by atoms with Gasteiger partial charge < -0.3 is 9.80 Å². The number of para-hydroxylation sites is 2. The second-order valence-electron chi connectivity index (χ2n) is 18.8. The summed E-state index contributed by atoms with van der Waals surface area (Å²) in [7, 11) is 0. The summed E-state index contributed by atoms with van der Waals surface area (Å²) < 4.78 is 35.3. The summed E-state index contributed by atoms with van der Waals surface area (Å²) in [4.78, 5) is 4.23. The predicted molar refractivity (Wildman–Crippen MR) is 300 cm³/mol. The van der Waals surface area contributed by atoms with Crippen molar-refractivity contribution in [1.82, 2.24) is 0 Å². The molecule has 12 aromatic carbocycles. The van der Waals surface area contributed by atoms with Gasteiger partial charge in [0.2, 0.25) is 0 Å². The summed E-state index contributed by atoms with van der Waals surface area (Å²) in [6.45, 7) is 8.42. The molecule has 346 valence electrons. The van der Waals surface area contributed by atoms with Crippen LogP contribution in [0.25, 0.3) is 76.8 Å². The SMILES string of the molecule is Cc1ccccc1-c1ccc(F)c(N(c2ccccc2)c2ccc3ccc4c(N(c5ccccc5)c5c(F)ccc(-c6ccccc6C)c5-c5ccccc5C)ccc5ccc2c3c54)c1-c1ccccc1C. The normalized spacial score (nSPS) is 11.5. The van der Waals surface area contributed by atoms with E-state index in [9.17, 15) is 0 Å². The van der Waals surface area contributed by atoms with E-state index in [1.54, 1.807) is 12.1 Å². The highest BCUT2D eigenvalue weighted by Gasteiger charge is 2.30. The molecule has 0 fully saturated rings. The Labute approximate surface area is 419 Å². The van der Waals surface area contributed by atoms with Crippen LogP contribution in [0, 0.1) is 39.3 Å². The minimum absolute atomic E-state index is 0.333. The lowest BCUT2D eigenvalue weighted by atomic mass is 9.87. The van der Waals surface area contributed by atoms with Gasteiger partial charge >= 0.3 is 0 Å². The molecule has 0 aliphatic rings. The Morgan fingerprint density at radius 1 is 0.278 bits per heavy atom. The van der Waals surface area contributed by atoms with Crippen molar-refractivity contribution in [2.45, 2.75) is 27.7 Å². The Bertz CT molecular complexity index is 3750. The van der Waals surface area contributed by atoms with E-state index in [2.05, 4.69) is 171 Å². The molecule has 0 atom stereocenters. The number of halogens is 2. The zero-order valence-electron chi connectivity index (χ0n) is 40.6. The van der Waals surface area contributed by atoms with Crippen molar-refractivity contribution in [2.24, 2.45) is 0 Å². The molecule has 0 unspecified atom stereocenters. The summed E-state index contributed by atoms with van der Waals surface area (Å²) >= 11 is 0. The first kappa shape index (κ1) is 44.4. The zero-order chi connectivity index (χ0) is 49.0. The summed E-state index contributed by atoms with van der Waals surface area (Å²) in [5.74, 6) is -0.666. The molecule has 0 amide bonds.